The molecule has 1 atom stereocenters. The fraction of sp³-hybridized carbons (Fsp3) is 0.368. The van der Waals surface area contributed by atoms with E-state index in [0.29, 0.717) is 33.3 Å². The maximum absolute atomic E-state index is 13.8. The maximum atomic E-state index is 13.8. The van der Waals surface area contributed by atoms with Crippen molar-refractivity contribution in [3.63, 3.8) is 0 Å². The second-order valence-electron chi connectivity index (χ2n) is 13.7. The molecular formula is C38H38Cl2F2N8O4. The molecule has 3 N–H and O–H groups in total. The summed E-state index contributed by atoms with van der Waals surface area (Å²) in [6.45, 7) is 2.03. The zero-order valence-electron chi connectivity index (χ0n) is 29.9. The van der Waals surface area contributed by atoms with E-state index in [1.807, 2.05) is 24.3 Å². The van der Waals surface area contributed by atoms with Crippen molar-refractivity contribution in [2.75, 3.05) is 25.5 Å². The standard InChI is InChI=1S/C30H24Cl2F2N6O3.C8H14N2O/c1-39-27-21(29(41)40(2)30(39)42)25(37-26(38-27)24(33)34)35-19-12-6-10-17(23(19)32)16-9-5-11-18(22(16)31)20-13-14-7-4-8-15(14)28(36-20)43-3;11-7-2-1-3-8(10-7)4-5-9-6-8/h5-6,9-13,24H,4,7-8H2,1-3H3,(H,35,37,38);9H,1-6H2,(H,10,11). The molecule has 5 aromatic rings. The Bertz CT molecular complexity index is 2410. The first-order chi connectivity index (χ1) is 25.9. The molecule has 0 radical (unpaired) electrons. The zero-order valence-corrected chi connectivity index (χ0v) is 31.4. The lowest BCUT2D eigenvalue weighted by atomic mass is 9.88. The minimum absolute atomic E-state index is 0.134. The SMILES string of the molecule is COc1nc(-c2cccc(-c3cccc(Nc4nc(C(F)F)nc5c4c(=O)n(C)c(=O)n5C)c3Cl)c2Cl)cc2c1CCC2.O=C1CCCC2(CCNC2)N1. The van der Waals surface area contributed by atoms with E-state index in [1.165, 1.54) is 19.7 Å². The molecule has 2 aliphatic heterocycles. The number of rotatable bonds is 6. The number of benzene rings is 2. The van der Waals surface area contributed by atoms with Gasteiger partial charge >= 0.3 is 5.69 Å². The van der Waals surface area contributed by atoms with Gasteiger partial charge in [-0.15, -0.1) is 0 Å². The van der Waals surface area contributed by atoms with Crippen LogP contribution in [-0.2, 0) is 31.7 Å². The Hall–Kier alpha value is -4.92. The van der Waals surface area contributed by atoms with Gasteiger partial charge in [-0.05, 0) is 62.8 Å². The third-order valence-electron chi connectivity index (χ3n) is 10.3. The van der Waals surface area contributed by atoms with Gasteiger partial charge < -0.3 is 20.7 Å². The van der Waals surface area contributed by atoms with Crippen LogP contribution in [0.2, 0.25) is 10.0 Å². The molecule has 1 spiro atoms. The summed E-state index contributed by atoms with van der Waals surface area (Å²) < 4.78 is 34.9. The average molecular weight is 780 g/mol. The molecule has 0 bridgehead atoms. The highest BCUT2D eigenvalue weighted by molar-refractivity contribution is 6.39. The van der Waals surface area contributed by atoms with Crippen molar-refractivity contribution < 1.29 is 18.3 Å². The van der Waals surface area contributed by atoms with Gasteiger partial charge in [0.2, 0.25) is 11.8 Å². The van der Waals surface area contributed by atoms with E-state index in [2.05, 4.69) is 25.9 Å². The maximum Gasteiger partial charge on any atom is 0.332 e. The molecule has 282 valence electrons. The quantitative estimate of drug-likeness (QED) is 0.182. The highest BCUT2D eigenvalue weighted by atomic mass is 35.5. The molecule has 2 fully saturated rings. The number of ether oxygens (including phenoxy) is 1. The number of amides is 1. The first-order valence-electron chi connectivity index (χ1n) is 17.6. The van der Waals surface area contributed by atoms with Gasteiger partial charge in [0.25, 0.3) is 12.0 Å². The topological polar surface area (TPSA) is 145 Å². The molecule has 2 saturated heterocycles. The molecule has 5 heterocycles. The predicted octanol–water partition coefficient (Wildman–Crippen LogP) is 6.26. The number of carbonyl (C=O) groups is 1. The van der Waals surface area contributed by atoms with Crippen molar-refractivity contribution in [3.8, 4) is 28.3 Å². The molecule has 8 rings (SSSR count). The molecule has 1 amide bonds. The largest absolute Gasteiger partial charge is 0.481 e. The van der Waals surface area contributed by atoms with Crippen LogP contribution in [0, 0.1) is 0 Å². The summed E-state index contributed by atoms with van der Waals surface area (Å²) in [5.41, 5.74) is 3.50. The molecule has 0 saturated carbocycles. The van der Waals surface area contributed by atoms with Crippen LogP contribution in [0.15, 0.2) is 52.1 Å². The molecule has 16 heteroatoms. The molecule has 12 nitrogen and oxygen atoms in total. The molecule has 3 aromatic heterocycles. The van der Waals surface area contributed by atoms with Crippen molar-refractivity contribution in [2.45, 2.75) is 56.9 Å². The van der Waals surface area contributed by atoms with Gasteiger partial charge in [-0.1, -0.05) is 53.5 Å². The van der Waals surface area contributed by atoms with Crippen LogP contribution in [0.4, 0.5) is 20.3 Å². The van der Waals surface area contributed by atoms with Crippen LogP contribution in [0.1, 0.15) is 55.5 Å². The smallest absolute Gasteiger partial charge is 0.332 e. The highest BCUT2D eigenvalue weighted by Gasteiger charge is 2.37. The van der Waals surface area contributed by atoms with E-state index >= 15 is 0 Å². The number of fused-ring (bicyclic) bond motifs is 2. The van der Waals surface area contributed by atoms with Crippen molar-refractivity contribution in [2.24, 2.45) is 14.1 Å². The summed E-state index contributed by atoms with van der Waals surface area (Å²) >= 11 is 13.9. The number of nitrogens with one attached hydrogen (secondary N) is 3. The third-order valence-corrected chi connectivity index (χ3v) is 11.1. The molecule has 1 unspecified atom stereocenters. The van der Waals surface area contributed by atoms with Gasteiger partial charge in [0.15, 0.2) is 11.5 Å². The van der Waals surface area contributed by atoms with E-state index in [0.717, 1.165) is 72.7 Å². The Labute approximate surface area is 318 Å². The molecule has 1 aliphatic carbocycles. The van der Waals surface area contributed by atoms with Gasteiger partial charge in [0.05, 0.1) is 34.1 Å². The summed E-state index contributed by atoms with van der Waals surface area (Å²) in [7, 11) is 4.22. The summed E-state index contributed by atoms with van der Waals surface area (Å²) in [6, 6.07) is 12.6. The second-order valence-corrected chi connectivity index (χ2v) is 14.5. The Morgan fingerprint density at radius 1 is 0.907 bits per heavy atom. The number of piperidine rings is 1. The third kappa shape index (κ3) is 6.93. The second kappa shape index (κ2) is 15.1. The number of pyridine rings is 1. The van der Waals surface area contributed by atoms with Crippen molar-refractivity contribution in [1.29, 1.82) is 0 Å². The number of nitrogens with zero attached hydrogens (tertiary/aromatic N) is 5. The van der Waals surface area contributed by atoms with Crippen molar-refractivity contribution in [1.82, 2.24) is 34.7 Å². The van der Waals surface area contributed by atoms with Gasteiger partial charge in [-0.3, -0.25) is 18.7 Å². The van der Waals surface area contributed by atoms with Gasteiger partial charge in [0.1, 0.15) is 11.2 Å². The number of halogens is 4. The summed E-state index contributed by atoms with van der Waals surface area (Å²) in [5.74, 6) is -0.247. The fourth-order valence-electron chi connectivity index (χ4n) is 7.49. The molecule has 54 heavy (non-hydrogen) atoms. The Morgan fingerprint density at radius 2 is 1.65 bits per heavy atom. The molecule has 3 aliphatic rings. The lowest BCUT2D eigenvalue weighted by molar-refractivity contribution is -0.124. The minimum atomic E-state index is -3.06. The number of aryl methyl sites for hydroxylation is 2. The van der Waals surface area contributed by atoms with Crippen LogP contribution in [-0.4, -0.2) is 55.7 Å². The number of alkyl halides is 2. The minimum Gasteiger partial charge on any atom is -0.481 e. The predicted molar refractivity (Wildman–Crippen MR) is 204 cm³/mol. The number of hydrogen-bond donors (Lipinski definition) is 3. The van der Waals surface area contributed by atoms with Crippen LogP contribution in [0.3, 0.4) is 0 Å². The monoisotopic (exact) mass is 778 g/mol. The van der Waals surface area contributed by atoms with E-state index < -0.39 is 23.5 Å². The fourth-order valence-corrected chi connectivity index (χ4v) is 8.09. The van der Waals surface area contributed by atoms with Gasteiger partial charge in [0, 0.05) is 49.3 Å². The van der Waals surface area contributed by atoms with Gasteiger partial charge in [-0.25, -0.2) is 28.5 Å². The summed E-state index contributed by atoms with van der Waals surface area (Å²) in [6.07, 6.45) is 3.87. The van der Waals surface area contributed by atoms with Crippen LogP contribution in [0.25, 0.3) is 33.4 Å². The average Bonchev–Trinajstić information content (AvgIpc) is 3.83. The number of methoxy groups -OCH3 is 1. The summed E-state index contributed by atoms with van der Waals surface area (Å²) in [4.78, 5) is 49.1. The first-order valence-corrected chi connectivity index (χ1v) is 18.4. The summed E-state index contributed by atoms with van der Waals surface area (Å²) in [5, 5.41) is 9.77. The number of hydrogen-bond acceptors (Lipinski definition) is 9. The number of anilines is 2. The van der Waals surface area contributed by atoms with E-state index in [-0.39, 0.29) is 39.0 Å². The lowest BCUT2D eigenvalue weighted by Crippen LogP contribution is -2.52. The Morgan fingerprint density at radius 3 is 2.35 bits per heavy atom. The first kappa shape index (κ1) is 37.4. The van der Waals surface area contributed by atoms with Crippen LogP contribution < -0.4 is 31.9 Å². The van der Waals surface area contributed by atoms with E-state index in [4.69, 9.17) is 32.9 Å². The van der Waals surface area contributed by atoms with Crippen LogP contribution >= 0.6 is 23.2 Å². The zero-order chi connectivity index (χ0) is 38.3. The molecular weight excluding hydrogens is 741 g/mol. The van der Waals surface area contributed by atoms with E-state index in [1.54, 1.807) is 25.3 Å². The van der Waals surface area contributed by atoms with Crippen molar-refractivity contribution in [3.05, 3.63) is 90.3 Å². The van der Waals surface area contributed by atoms with E-state index in [9.17, 15) is 23.2 Å². The van der Waals surface area contributed by atoms with Crippen molar-refractivity contribution >= 4 is 51.6 Å². The highest BCUT2D eigenvalue weighted by Crippen LogP contribution is 2.43. The van der Waals surface area contributed by atoms with Gasteiger partial charge in [-0.2, -0.15) is 0 Å². The lowest BCUT2D eigenvalue weighted by Gasteiger charge is -2.33. The molecule has 2 aromatic carbocycles. The normalized spacial score (nSPS) is 17.7. The Kier molecular flexibility index (Phi) is 10.4. The number of aromatic nitrogens is 5. The Balaban J connectivity index is 0.000000348. The number of carbonyl (C=O) groups excluding carboxylic acids is 1. The van der Waals surface area contributed by atoms with Crippen LogP contribution in [0.5, 0.6) is 5.88 Å².